The van der Waals surface area contributed by atoms with Crippen LogP contribution in [0.2, 0.25) is 0 Å². The molecule has 1 fully saturated rings. The number of rotatable bonds is 6. The Morgan fingerprint density at radius 3 is 2.61 bits per heavy atom. The molecule has 2 aromatic carbocycles. The van der Waals surface area contributed by atoms with E-state index in [0.717, 1.165) is 29.5 Å². The number of nitrogens with zero attached hydrogens (tertiary/aromatic N) is 4. The topological polar surface area (TPSA) is 80.1 Å². The standard InChI is InChI=1S/C28H28FN5O2/c1-19-6-8-21(9-7-19)17-34-25-24(5-2-14-30-25)32-26(28(34)36)33-15-3-4-22(18-33)27(35)31-16-20-10-12-23(29)13-11-20/h2,5-14,22H,3-4,15-18H2,1H3,(H,31,35)/t22-/m1/s1. The quantitative estimate of drug-likeness (QED) is 0.449. The van der Waals surface area contributed by atoms with E-state index in [2.05, 4.69) is 15.3 Å². The average molecular weight is 486 g/mol. The van der Waals surface area contributed by atoms with E-state index in [1.54, 1.807) is 22.9 Å². The molecule has 4 aromatic rings. The van der Waals surface area contributed by atoms with Crippen LogP contribution < -0.4 is 15.8 Å². The zero-order valence-electron chi connectivity index (χ0n) is 20.2. The Bertz CT molecular complexity index is 1430. The number of carbonyl (C=O) groups excluding carboxylic acids is 1. The number of aromatic nitrogens is 3. The molecule has 2 aromatic heterocycles. The van der Waals surface area contributed by atoms with Crippen molar-refractivity contribution in [2.45, 2.75) is 32.9 Å². The first kappa shape index (κ1) is 23.7. The molecule has 1 atom stereocenters. The Labute approximate surface area is 208 Å². The van der Waals surface area contributed by atoms with Gasteiger partial charge in [-0.15, -0.1) is 0 Å². The Morgan fingerprint density at radius 2 is 1.83 bits per heavy atom. The van der Waals surface area contributed by atoms with Crippen LogP contribution in [0.3, 0.4) is 0 Å². The molecular formula is C28H28FN5O2. The summed E-state index contributed by atoms with van der Waals surface area (Å²) in [5.41, 5.74) is 3.96. The predicted octanol–water partition coefficient (Wildman–Crippen LogP) is 3.82. The first-order chi connectivity index (χ1) is 17.5. The third-order valence-electron chi connectivity index (χ3n) is 6.62. The summed E-state index contributed by atoms with van der Waals surface area (Å²) in [5.74, 6) is -0.306. The number of pyridine rings is 1. The minimum Gasteiger partial charge on any atom is -0.352 e. The number of nitrogens with one attached hydrogen (secondary N) is 1. The number of anilines is 1. The fraction of sp³-hybridized carbons (Fsp3) is 0.286. The Hall–Kier alpha value is -4.07. The first-order valence-corrected chi connectivity index (χ1v) is 12.2. The van der Waals surface area contributed by atoms with Crippen molar-refractivity contribution in [1.29, 1.82) is 0 Å². The molecule has 0 spiro atoms. The molecule has 0 saturated carbocycles. The third kappa shape index (κ3) is 5.12. The summed E-state index contributed by atoms with van der Waals surface area (Å²) in [5, 5.41) is 2.95. The Kier molecular flexibility index (Phi) is 6.75. The van der Waals surface area contributed by atoms with E-state index in [1.165, 1.54) is 12.1 Å². The first-order valence-electron chi connectivity index (χ1n) is 12.2. The number of aryl methyl sites for hydroxylation is 1. The normalized spacial score (nSPS) is 15.7. The van der Waals surface area contributed by atoms with E-state index in [9.17, 15) is 14.0 Å². The van der Waals surface area contributed by atoms with Gasteiger partial charge < -0.3 is 10.2 Å². The van der Waals surface area contributed by atoms with Crippen molar-refractivity contribution in [1.82, 2.24) is 19.9 Å². The molecule has 1 saturated heterocycles. The molecule has 5 rings (SSSR count). The van der Waals surface area contributed by atoms with Crippen molar-refractivity contribution in [3.05, 3.63) is 99.7 Å². The number of fused-ring (bicyclic) bond motifs is 1. The van der Waals surface area contributed by atoms with Crippen LogP contribution in [0.15, 0.2) is 71.7 Å². The second kappa shape index (κ2) is 10.3. The molecule has 8 heteroatoms. The van der Waals surface area contributed by atoms with Crippen LogP contribution in [0.25, 0.3) is 11.2 Å². The van der Waals surface area contributed by atoms with E-state index in [4.69, 9.17) is 0 Å². The van der Waals surface area contributed by atoms with Crippen molar-refractivity contribution in [2.75, 3.05) is 18.0 Å². The monoisotopic (exact) mass is 485 g/mol. The van der Waals surface area contributed by atoms with E-state index >= 15 is 0 Å². The van der Waals surface area contributed by atoms with Gasteiger partial charge in [-0.05, 0) is 55.2 Å². The summed E-state index contributed by atoms with van der Waals surface area (Å²) in [4.78, 5) is 37.6. The maximum atomic E-state index is 13.7. The number of benzene rings is 2. The second-order valence-corrected chi connectivity index (χ2v) is 9.29. The van der Waals surface area contributed by atoms with Gasteiger partial charge in [-0.3, -0.25) is 14.2 Å². The van der Waals surface area contributed by atoms with Gasteiger partial charge in [-0.1, -0.05) is 42.0 Å². The van der Waals surface area contributed by atoms with Gasteiger partial charge in [0.2, 0.25) is 5.91 Å². The lowest BCUT2D eigenvalue weighted by atomic mass is 9.97. The zero-order chi connectivity index (χ0) is 25.1. The van der Waals surface area contributed by atoms with Crippen LogP contribution in [0.5, 0.6) is 0 Å². The van der Waals surface area contributed by atoms with Gasteiger partial charge in [0.1, 0.15) is 11.3 Å². The lowest BCUT2D eigenvalue weighted by Gasteiger charge is -2.32. The third-order valence-corrected chi connectivity index (χ3v) is 6.62. The van der Waals surface area contributed by atoms with Crippen LogP contribution >= 0.6 is 0 Å². The van der Waals surface area contributed by atoms with Gasteiger partial charge in [0, 0.05) is 25.8 Å². The van der Waals surface area contributed by atoms with Crippen molar-refractivity contribution >= 4 is 22.9 Å². The highest BCUT2D eigenvalue weighted by Gasteiger charge is 2.28. The van der Waals surface area contributed by atoms with E-state index in [1.807, 2.05) is 48.2 Å². The van der Waals surface area contributed by atoms with Gasteiger partial charge in [0.25, 0.3) is 5.56 Å². The van der Waals surface area contributed by atoms with E-state index in [0.29, 0.717) is 43.2 Å². The molecule has 3 heterocycles. The largest absolute Gasteiger partial charge is 0.352 e. The Balaban J connectivity index is 1.38. The maximum absolute atomic E-state index is 13.7. The summed E-state index contributed by atoms with van der Waals surface area (Å²) in [6.45, 7) is 3.81. The van der Waals surface area contributed by atoms with Crippen LogP contribution in [0, 0.1) is 18.7 Å². The average Bonchev–Trinajstić information content (AvgIpc) is 2.91. The number of halogens is 1. The van der Waals surface area contributed by atoms with E-state index in [-0.39, 0.29) is 23.2 Å². The van der Waals surface area contributed by atoms with Gasteiger partial charge in [0.05, 0.1) is 12.5 Å². The molecule has 1 aliphatic heterocycles. The van der Waals surface area contributed by atoms with Gasteiger partial charge >= 0.3 is 0 Å². The predicted molar refractivity (Wildman–Crippen MR) is 137 cm³/mol. The van der Waals surface area contributed by atoms with Crippen molar-refractivity contribution < 1.29 is 9.18 Å². The second-order valence-electron chi connectivity index (χ2n) is 9.29. The fourth-order valence-corrected chi connectivity index (χ4v) is 4.61. The highest BCUT2D eigenvalue weighted by molar-refractivity contribution is 5.79. The molecule has 0 aliphatic carbocycles. The minimum atomic E-state index is -0.306. The molecule has 7 nitrogen and oxygen atoms in total. The molecule has 1 amide bonds. The minimum absolute atomic E-state index is 0.0774. The van der Waals surface area contributed by atoms with Crippen molar-refractivity contribution in [2.24, 2.45) is 5.92 Å². The van der Waals surface area contributed by atoms with Gasteiger partial charge in [0.15, 0.2) is 11.5 Å². The van der Waals surface area contributed by atoms with Crippen molar-refractivity contribution in [3.63, 3.8) is 0 Å². The Morgan fingerprint density at radius 1 is 1.08 bits per heavy atom. The van der Waals surface area contributed by atoms with Crippen LogP contribution in [0.4, 0.5) is 10.2 Å². The van der Waals surface area contributed by atoms with Crippen LogP contribution in [-0.2, 0) is 17.9 Å². The molecule has 0 bridgehead atoms. The summed E-state index contributed by atoms with van der Waals surface area (Å²) < 4.78 is 14.8. The molecular weight excluding hydrogens is 457 g/mol. The SMILES string of the molecule is Cc1ccc(Cn2c(=O)c(N3CCC[C@@H](C(=O)NCc4ccc(F)cc4)C3)nc3cccnc32)cc1. The summed E-state index contributed by atoms with van der Waals surface area (Å²) in [6.07, 6.45) is 3.17. The van der Waals surface area contributed by atoms with Gasteiger partial charge in [-0.25, -0.2) is 14.4 Å². The molecule has 0 radical (unpaired) electrons. The number of hydrogen-bond donors (Lipinski definition) is 1. The highest BCUT2D eigenvalue weighted by Crippen LogP contribution is 2.22. The maximum Gasteiger partial charge on any atom is 0.295 e. The van der Waals surface area contributed by atoms with Crippen LogP contribution in [0.1, 0.15) is 29.5 Å². The molecule has 36 heavy (non-hydrogen) atoms. The lowest BCUT2D eigenvalue weighted by molar-refractivity contribution is -0.125. The number of piperidine rings is 1. The summed E-state index contributed by atoms with van der Waals surface area (Å²) in [6, 6.07) is 17.8. The van der Waals surface area contributed by atoms with Crippen LogP contribution in [-0.4, -0.2) is 33.5 Å². The number of carbonyl (C=O) groups is 1. The van der Waals surface area contributed by atoms with Gasteiger partial charge in [-0.2, -0.15) is 0 Å². The smallest absolute Gasteiger partial charge is 0.295 e. The lowest BCUT2D eigenvalue weighted by Crippen LogP contribution is -2.45. The summed E-state index contributed by atoms with van der Waals surface area (Å²) >= 11 is 0. The highest BCUT2D eigenvalue weighted by atomic mass is 19.1. The molecule has 1 aliphatic rings. The molecule has 184 valence electrons. The number of amides is 1. The molecule has 1 N–H and O–H groups in total. The summed E-state index contributed by atoms with van der Waals surface area (Å²) in [7, 11) is 0. The van der Waals surface area contributed by atoms with Crippen molar-refractivity contribution in [3.8, 4) is 0 Å². The number of hydrogen-bond acceptors (Lipinski definition) is 5. The zero-order valence-corrected chi connectivity index (χ0v) is 20.2. The van der Waals surface area contributed by atoms with E-state index < -0.39 is 0 Å². The fourth-order valence-electron chi connectivity index (χ4n) is 4.61. The molecule has 0 unspecified atom stereocenters.